The number of likely N-dealkylation sites (tertiary alicyclic amines) is 1. The van der Waals surface area contributed by atoms with Gasteiger partial charge in [0.25, 0.3) is 11.8 Å². The second-order valence-corrected chi connectivity index (χ2v) is 7.17. The third-order valence-electron chi connectivity index (χ3n) is 5.25. The van der Waals surface area contributed by atoms with Crippen molar-refractivity contribution in [2.45, 2.75) is 12.8 Å². The lowest BCUT2D eigenvalue weighted by Gasteiger charge is -2.32. The van der Waals surface area contributed by atoms with Crippen LogP contribution in [-0.4, -0.2) is 41.3 Å². The average molecular weight is 391 g/mol. The number of nitrogens with zero attached hydrogens (tertiary/aromatic N) is 2. The summed E-state index contributed by atoms with van der Waals surface area (Å²) < 4.78 is 5.22. The number of rotatable bonds is 4. The predicted octanol–water partition coefficient (Wildman–Crippen LogP) is 2.47. The van der Waals surface area contributed by atoms with Crippen molar-refractivity contribution in [2.24, 2.45) is 5.92 Å². The molecule has 1 aliphatic heterocycles. The highest BCUT2D eigenvalue weighted by Gasteiger charge is 2.24. The SMILES string of the molecule is O=C(NCC1CCN(C(=O)c2cccnc2)CC1)c1cc2ccccc2oc1=O. The van der Waals surface area contributed by atoms with E-state index in [2.05, 4.69) is 10.3 Å². The van der Waals surface area contributed by atoms with E-state index in [1.165, 1.54) is 0 Å². The average Bonchev–Trinajstić information content (AvgIpc) is 2.77. The molecular weight excluding hydrogens is 370 g/mol. The first kappa shape index (κ1) is 18.9. The van der Waals surface area contributed by atoms with Crippen LogP contribution in [0.3, 0.4) is 0 Å². The van der Waals surface area contributed by atoms with E-state index in [9.17, 15) is 14.4 Å². The van der Waals surface area contributed by atoms with Crippen molar-refractivity contribution >= 4 is 22.8 Å². The minimum absolute atomic E-state index is 0.00731. The molecule has 2 amide bonds. The summed E-state index contributed by atoms with van der Waals surface area (Å²) in [4.78, 5) is 42.8. The van der Waals surface area contributed by atoms with Gasteiger partial charge in [0.05, 0.1) is 5.56 Å². The van der Waals surface area contributed by atoms with Crippen molar-refractivity contribution in [3.8, 4) is 0 Å². The lowest BCUT2D eigenvalue weighted by Crippen LogP contribution is -2.42. The number of para-hydroxylation sites is 1. The van der Waals surface area contributed by atoms with Crippen LogP contribution >= 0.6 is 0 Å². The van der Waals surface area contributed by atoms with Gasteiger partial charge in [-0.2, -0.15) is 0 Å². The number of pyridine rings is 1. The van der Waals surface area contributed by atoms with Crippen LogP contribution in [0.25, 0.3) is 11.0 Å². The van der Waals surface area contributed by atoms with Gasteiger partial charge < -0.3 is 14.6 Å². The van der Waals surface area contributed by atoms with Crippen LogP contribution in [0.1, 0.15) is 33.6 Å². The maximum atomic E-state index is 12.5. The number of carbonyl (C=O) groups is 2. The molecule has 1 fully saturated rings. The molecule has 3 aromatic rings. The van der Waals surface area contributed by atoms with E-state index >= 15 is 0 Å². The zero-order valence-corrected chi connectivity index (χ0v) is 15.8. The van der Waals surface area contributed by atoms with Gasteiger partial charge >= 0.3 is 5.63 Å². The smallest absolute Gasteiger partial charge is 0.349 e. The molecule has 1 saturated heterocycles. The maximum Gasteiger partial charge on any atom is 0.349 e. The molecule has 0 saturated carbocycles. The van der Waals surface area contributed by atoms with E-state index in [1.807, 2.05) is 11.0 Å². The van der Waals surface area contributed by atoms with Crippen LogP contribution in [0.5, 0.6) is 0 Å². The number of piperidine rings is 1. The quantitative estimate of drug-likeness (QED) is 0.690. The van der Waals surface area contributed by atoms with Crippen molar-refractivity contribution < 1.29 is 14.0 Å². The molecule has 1 aromatic carbocycles. The fraction of sp³-hybridized carbons (Fsp3) is 0.273. The molecule has 0 bridgehead atoms. The Morgan fingerprint density at radius 2 is 1.93 bits per heavy atom. The molecule has 3 heterocycles. The monoisotopic (exact) mass is 391 g/mol. The fourth-order valence-corrected chi connectivity index (χ4v) is 3.56. The largest absolute Gasteiger partial charge is 0.422 e. The summed E-state index contributed by atoms with van der Waals surface area (Å²) in [6.07, 6.45) is 4.79. The first-order chi connectivity index (χ1) is 14.1. The molecule has 0 radical (unpaired) electrons. The predicted molar refractivity (Wildman–Crippen MR) is 108 cm³/mol. The molecule has 0 atom stereocenters. The lowest BCUT2D eigenvalue weighted by atomic mass is 9.96. The summed E-state index contributed by atoms with van der Waals surface area (Å²) in [6, 6.07) is 12.2. The summed E-state index contributed by atoms with van der Waals surface area (Å²) in [7, 11) is 0. The Bertz CT molecular complexity index is 1090. The minimum atomic E-state index is -0.641. The second kappa shape index (κ2) is 8.26. The van der Waals surface area contributed by atoms with E-state index in [-0.39, 0.29) is 17.4 Å². The molecule has 0 unspecified atom stereocenters. The molecule has 2 aromatic heterocycles. The van der Waals surface area contributed by atoms with Gasteiger partial charge in [0, 0.05) is 37.4 Å². The molecular formula is C22H21N3O4. The Kier molecular flexibility index (Phi) is 5.37. The molecule has 0 spiro atoms. The standard InChI is InChI=1S/C22H21N3O4/c26-20(18-12-16-4-1-2-6-19(16)29-22(18)28)24-13-15-7-10-25(11-8-15)21(27)17-5-3-9-23-14-17/h1-6,9,12,14-15H,7-8,10-11,13H2,(H,24,26). The number of nitrogens with one attached hydrogen (secondary N) is 1. The van der Waals surface area contributed by atoms with Crippen LogP contribution in [0.2, 0.25) is 0 Å². The molecule has 1 N–H and O–H groups in total. The zero-order chi connectivity index (χ0) is 20.2. The van der Waals surface area contributed by atoms with Gasteiger partial charge in [0.15, 0.2) is 0 Å². The molecule has 7 nitrogen and oxygen atoms in total. The van der Waals surface area contributed by atoms with Crippen LogP contribution in [-0.2, 0) is 0 Å². The van der Waals surface area contributed by atoms with Gasteiger partial charge in [0.1, 0.15) is 11.1 Å². The van der Waals surface area contributed by atoms with Gasteiger partial charge in [-0.1, -0.05) is 18.2 Å². The van der Waals surface area contributed by atoms with Crippen molar-refractivity contribution in [3.63, 3.8) is 0 Å². The number of hydrogen-bond donors (Lipinski definition) is 1. The van der Waals surface area contributed by atoms with Crippen molar-refractivity contribution in [2.75, 3.05) is 19.6 Å². The van der Waals surface area contributed by atoms with Crippen molar-refractivity contribution in [1.82, 2.24) is 15.2 Å². The molecule has 7 heteroatoms. The van der Waals surface area contributed by atoms with E-state index in [0.29, 0.717) is 36.2 Å². The summed E-state index contributed by atoms with van der Waals surface area (Å²) in [6.45, 7) is 1.72. The Balaban J connectivity index is 1.33. The third-order valence-corrected chi connectivity index (χ3v) is 5.25. The van der Waals surface area contributed by atoms with Crippen molar-refractivity contribution in [3.05, 3.63) is 76.4 Å². The van der Waals surface area contributed by atoms with E-state index in [0.717, 1.165) is 12.8 Å². The topological polar surface area (TPSA) is 92.5 Å². The van der Waals surface area contributed by atoms with E-state index < -0.39 is 11.5 Å². The molecule has 0 aliphatic carbocycles. The fourth-order valence-electron chi connectivity index (χ4n) is 3.56. The van der Waals surface area contributed by atoms with Crippen LogP contribution in [0.15, 0.2) is 64.1 Å². The maximum absolute atomic E-state index is 12.5. The normalized spacial score (nSPS) is 14.7. The molecule has 148 valence electrons. The van der Waals surface area contributed by atoms with E-state index in [1.54, 1.807) is 48.8 Å². The van der Waals surface area contributed by atoms with Crippen LogP contribution < -0.4 is 10.9 Å². The minimum Gasteiger partial charge on any atom is -0.422 e. The van der Waals surface area contributed by atoms with Gasteiger partial charge in [-0.15, -0.1) is 0 Å². The third kappa shape index (κ3) is 4.18. The number of fused-ring (bicyclic) bond motifs is 1. The van der Waals surface area contributed by atoms with Crippen LogP contribution in [0.4, 0.5) is 0 Å². The Morgan fingerprint density at radius 3 is 2.69 bits per heavy atom. The summed E-state index contributed by atoms with van der Waals surface area (Å²) >= 11 is 0. The highest BCUT2D eigenvalue weighted by atomic mass is 16.4. The van der Waals surface area contributed by atoms with Gasteiger partial charge in [-0.05, 0) is 43.0 Å². The first-order valence-corrected chi connectivity index (χ1v) is 9.62. The Labute approximate surface area is 167 Å². The highest BCUT2D eigenvalue weighted by molar-refractivity contribution is 5.96. The van der Waals surface area contributed by atoms with Crippen molar-refractivity contribution in [1.29, 1.82) is 0 Å². The number of amides is 2. The van der Waals surface area contributed by atoms with Gasteiger partial charge in [0.2, 0.25) is 0 Å². The summed E-state index contributed by atoms with van der Waals surface area (Å²) in [5.74, 6) is -0.197. The Morgan fingerprint density at radius 1 is 1.14 bits per heavy atom. The second-order valence-electron chi connectivity index (χ2n) is 7.17. The van der Waals surface area contributed by atoms with Crippen LogP contribution in [0, 0.1) is 5.92 Å². The lowest BCUT2D eigenvalue weighted by molar-refractivity contribution is 0.0683. The molecule has 1 aliphatic rings. The first-order valence-electron chi connectivity index (χ1n) is 9.62. The number of aromatic nitrogens is 1. The molecule has 29 heavy (non-hydrogen) atoms. The summed E-state index contributed by atoms with van der Waals surface area (Å²) in [5, 5.41) is 3.55. The molecule has 4 rings (SSSR count). The number of benzene rings is 1. The van der Waals surface area contributed by atoms with E-state index in [4.69, 9.17) is 4.42 Å². The number of hydrogen-bond acceptors (Lipinski definition) is 5. The Hall–Kier alpha value is -3.48. The highest BCUT2D eigenvalue weighted by Crippen LogP contribution is 2.19. The van der Waals surface area contributed by atoms with Gasteiger partial charge in [-0.3, -0.25) is 14.6 Å². The van der Waals surface area contributed by atoms with Gasteiger partial charge in [-0.25, -0.2) is 4.79 Å². The number of carbonyl (C=O) groups excluding carboxylic acids is 2. The zero-order valence-electron chi connectivity index (χ0n) is 15.8. The summed E-state index contributed by atoms with van der Waals surface area (Å²) in [5.41, 5.74) is 0.410.